The normalized spacial score (nSPS) is 17.0. The van der Waals surface area contributed by atoms with E-state index < -0.39 is 5.97 Å². The second kappa shape index (κ2) is 11.3. The molecule has 6 rings (SSSR count). The second-order valence-electron chi connectivity index (χ2n) is 10.7. The highest BCUT2D eigenvalue weighted by atomic mass is 35.5. The second-order valence-corrected chi connectivity index (χ2v) is 11.1. The Morgan fingerprint density at radius 1 is 1.07 bits per heavy atom. The van der Waals surface area contributed by atoms with Gasteiger partial charge >= 0.3 is 5.97 Å². The van der Waals surface area contributed by atoms with Crippen LogP contribution in [0, 0.1) is 5.92 Å². The number of aromatic nitrogens is 6. The first kappa shape index (κ1) is 28.1. The number of benzene rings is 2. The Morgan fingerprint density at radius 3 is 2.67 bits per heavy atom. The van der Waals surface area contributed by atoms with E-state index in [1.807, 2.05) is 38.2 Å². The molecule has 3 aromatic heterocycles. The minimum absolute atomic E-state index is 0.0269. The monoisotopic (exact) mass is 597 g/mol. The number of carboxylic acids is 1. The number of amides is 1. The number of aromatic carboxylic acids is 1. The maximum atomic E-state index is 13.7. The summed E-state index contributed by atoms with van der Waals surface area (Å²) in [4.78, 5) is 42.8. The summed E-state index contributed by atoms with van der Waals surface area (Å²) < 4.78 is 4.76. The van der Waals surface area contributed by atoms with Crippen LogP contribution in [-0.4, -0.2) is 46.1 Å². The van der Waals surface area contributed by atoms with E-state index in [0.717, 1.165) is 16.8 Å². The van der Waals surface area contributed by atoms with Crippen LogP contribution in [0.3, 0.4) is 0 Å². The van der Waals surface area contributed by atoms with Crippen molar-refractivity contribution in [2.24, 2.45) is 13.0 Å². The van der Waals surface area contributed by atoms with Crippen molar-refractivity contribution in [2.45, 2.75) is 32.2 Å². The Hall–Kier alpha value is -5.03. The SMILES string of the molecule is CC1CCCC(n2cnc(-c3cc(Cl)ccc3-n3cc(C(=O)O)cn3)cc2=O)c2cccc(c2)-c2c(cnn2C)NC1=O. The zero-order chi connectivity index (χ0) is 30.2. The summed E-state index contributed by atoms with van der Waals surface area (Å²) in [5, 5.41) is 21.3. The van der Waals surface area contributed by atoms with Crippen LogP contribution in [0.1, 0.15) is 48.1 Å². The predicted octanol–water partition coefficient (Wildman–Crippen LogP) is 5.20. The van der Waals surface area contributed by atoms with Gasteiger partial charge < -0.3 is 10.4 Å². The molecule has 0 saturated heterocycles. The van der Waals surface area contributed by atoms with Crippen molar-refractivity contribution in [1.82, 2.24) is 29.1 Å². The summed E-state index contributed by atoms with van der Waals surface area (Å²) in [5.74, 6) is -1.40. The number of anilines is 1. The highest BCUT2D eigenvalue weighted by Gasteiger charge is 2.23. The summed E-state index contributed by atoms with van der Waals surface area (Å²) in [7, 11) is 1.83. The molecule has 0 spiro atoms. The molecule has 0 saturated carbocycles. The van der Waals surface area contributed by atoms with Gasteiger partial charge in [-0.05, 0) is 42.7 Å². The third kappa shape index (κ3) is 5.46. The molecule has 11 nitrogen and oxygen atoms in total. The molecule has 4 heterocycles. The van der Waals surface area contributed by atoms with Gasteiger partial charge in [0.2, 0.25) is 5.91 Å². The van der Waals surface area contributed by atoms with Gasteiger partial charge in [0.25, 0.3) is 5.56 Å². The lowest BCUT2D eigenvalue weighted by molar-refractivity contribution is -0.119. The van der Waals surface area contributed by atoms with E-state index >= 15 is 0 Å². The van der Waals surface area contributed by atoms with Gasteiger partial charge in [-0.2, -0.15) is 10.2 Å². The van der Waals surface area contributed by atoms with Gasteiger partial charge in [0, 0.05) is 41.4 Å². The predicted molar refractivity (Wildman–Crippen MR) is 161 cm³/mol. The smallest absolute Gasteiger partial charge is 0.338 e. The van der Waals surface area contributed by atoms with Crippen LogP contribution in [0.25, 0.3) is 28.2 Å². The first-order valence-corrected chi connectivity index (χ1v) is 14.2. The number of fused-ring (bicyclic) bond motifs is 4. The van der Waals surface area contributed by atoms with Crippen LogP contribution >= 0.6 is 11.6 Å². The van der Waals surface area contributed by atoms with Crippen molar-refractivity contribution in [3.63, 3.8) is 0 Å². The van der Waals surface area contributed by atoms with Gasteiger partial charge in [0.1, 0.15) is 0 Å². The lowest BCUT2D eigenvalue weighted by Gasteiger charge is -2.23. The van der Waals surface area contributed by atoms with Crippen LogP contribution < -0.4 is 10.9 Å². The number of carboxylic acid groups (broad SMARTS) is 1. The van der Waals surface area contributed by atoms with Crippen LogP contribution in [-0.2, 0) is 11.8 Å². The fourth-order valence-electron chi connectivity index (χ4n) is 5.50. The average molecular weight is 598 g/mol. The summed E-state index contributed by atoms with van der Waals surface area (Å²) in [6.07, 6.45) is 7.80. The van der Waals surface area contributed by atoms with E-state index in [9.17, 15) is 19.5 Å². The number of halogens is 1. The number of carbonyl (C=O) groups is 2. The van der Waals surface area contributed by atoms with Crippen LogP contribution in [0.15, 0.2) is 78.2 Å². The number of rotatable bonds is 4. The number of carbonyl (C=O) groups excluding carboxylic acids is 1. The molecule has 2 aromatic carbocycles. The van der Waals surface area contributed by atoms with Crippen LogP contribution in [0.5, 0.6) is 0 Å². The summed E-state index contributed by atoms with van der Waals surface area (Å²) in [6.45, 7) is 1.90. The third-order valence-electron chi connectivity index (χ3n) is 7.79. The Bertz CT molecular complexity index is 1930. The molecule has 1 aliphatic heterocycles. The average Bonchev–Trinajstić information content (AvgIpc) is 3.62. The van der Waals surface area contributed by atoms with Crippen molar-refractivity contribution < 1.29 is 14.7 Å². The molecule has 12 heteroatoms. The molecule has 2 atom stereocenters. The summed E-state index contributed by atoms with van der Waals surface area (Å²) >= 11 is 6.32. The highest BCUT2D eigenvalue weighted by Crippen LogP contribution is 2.34. The molecule has 0 aliphatic carbocycles. The van der Waals surface area contributed by atoms with Crippen LogP contribution in [0.2, 0.25) is 5.02 Å². The molecule has 43 heavy (non-hydrogen) atoms. The first-order chi connectivity index (χ1) is 20.7. The van der Waals surface area contributed by atoms with E-state index in [0.29, 0.717) is 46.9 Å². The molecule has 2 unspecified atom stereocenters. The number of aryl methyl sites for hydroxylation is 1. The van der Waals surface area contributed by atoms with Crippen molar-refractivity contribution in [2.75, 3.05) is 5.32 Å². The number of nitrogens with zero attached hydrogens (tertiary/aromatic N) is 6. The van der Waals surface area contributed by atoms with Gasteiger partial charge in [0.05, 0.1) is 53.1 Å². The molecule has 218 valence electrons. The van der Waals surface area contributed by atoms with Gasteiger partial charge in [-0.25, -0.2) is 14.5 Å². The van der Waals surface area contributed by atoms with E-state index in [2.05, 4.69) is 20.5 Å². The molecule has 1 amide bonds. The summed E-state index contributed by atoms with van der Waals surface area (Å²) in [6, 6.07) is 14.1. The maximum absolute atomic E-state index is 13.7. The third-order valence-corrected chi connectivity index (χ3v) is 8.02. The van der Waals surface area contributed by atoms with Crippen molar-refractivity contribution in [3.05, 3.63) is 100.0 Å². The molecular weight excluding hydrogens is 570 g/mol. The number of nitrogens with one attached hydrogen (secondary N) is 1. The van der Waals surface area contributed by atoms with Crippen molar-refractivity contribution in [1.29, 1.82) is 0 Å². The van der Waals surface area contributed by atoms with Gasteiger partial charge in [0.15, 0.2) is 0 Å². The number of hydrogen-bond acceptors (Lipinski definition) is 6. The lowest BCUT2D eigenvalue weighted by atomic mass is 9.94. The number of hydrogen-bond donors (Lipinski definition) is 2. The molecule has 1 aliphatic rings. The Kier molecular flexibility index (Phi) is 7.41. The largest absolute Gasteiger partial charge is 0.478 e. The molecule has 2 bridgehead atoms. The maximum Gasteiger partial charge on any atom is 0.338 e. The standard InChI is InChI=1S/C31H28ClN7O4/c1-18-5-3-8-26(19-6-4-7-20(11-19)29-25(36-30(18)41)15-34-37(29)2)38-17-33-24(13-28(38)40)23-12-22(32)9-10-27(23)39-16-21(14-35-39)31(42)43/h4,6-7,9-18,26H,3,5,8H2,1-2H3,(H,36,41)(H,42,43). The summed E-state index contributed by atoms with van der Waals surface area (Å²) in [5.41, 5.74) is 4.41. The molecular formula is C31H28ClN7O4. The molecule has 0 fully saturated rings. The van der Waals surface area contributed by atoms with E-state index in [1.54, 1.807) is 33.6 Å². The molecule has 2 N–H and O–H groups in total. The van der Waals surface area contributed by atoms with E-state index in [1.165, 1.54) is 29.5 Å². The van der Waals surface area contributed by atoms with E-state index in [4.69, 9.17) is 11.6 Å². The van der Waals surface area contributed by atoms with Gasteiger partial charge in [-0.1, -0.05) is 43.1 Å². The van der Waals surface area contributed by atoms with Gasteiger partial charge in [-0.15, -0.1) is 0 Å². The fourth-order valence-corrected chi connectivity index (χ4v) is 5.68. The lowest BCUT2D eigenvalue weighted by Crippen LogP contribution is -2.26. The Morgan fingerprint density at radius 2 is 1.91 bits per heavy atom. The fraction of sp³-hybridized carbons (Fsp3) is 0.226. The zero-order valence-corrected chi connectivity index (χ0v) is 24.2. The van der Waals surface area contributed by atoms with Crippen LogP contribution in [0.4, 0.5) is 5.69 Å². The first-order valence-electron chi connectivity index (χ1n) is 13.8. The minimum Gasteiger partial charge on any atom is -0.478 e. The van der Waals surface area contributed by atoms with E-state index in [-0.39, 0.29) is 29.0 Å². The Labute approximate surface area is 251 Å². The zero-order valence-electron chi connectivity index (χ0n) is 23.4. The van der Waals surface area contributed by atoms with Gasteiger partial charge in [-0.3, -0.25) is 18.8 Å². The topological polar surface area (TPSA) is 137 Å². The molecule has 5 aromatic rings. The molecule has 0 radical (unpaired) electrons. The van der Waals surface area contributed by atoms with Crippen molar-refractivity contribution >= 4 is 29.2 Å². The highest BCUT2D eigenvalue weighted by molar-refractivity contribution is 6.31. The van der Waals surface area contributed by atoms with Crippen molar-refractivity contribution in [3.8, 4) is 28.2 Å². The quantitative estimate of drug-likeness (QED) is 0.291. The minimum atomic E-state index is -1.10. The Balaban J connectivity index is 1.43.